The number of carbonyl (C=O) groups excluding carboxylic acids is 1. The summed E-state index contributed by atoms with van der Waals surface area (Å²) in [7, 11) is -3.32. The van der Waals surface area contributed by atoms with Gasteiger partial charge < -0.3 is 10.1 Å². The number of thiophene rings is 1. The molecule has 0 aromatic carbocycles. The summed E-state index contributed by atoms with van der Waals surface area (Å²) in [5.41, 5.74) is 0.976. The highest BCUT2D eigenvalue weighted by atomic mass is 32.2. The van der Waals surface area contributed by atoms with Crippen LogP contribution in [0.25, 0.3) is 0 Å². The predicted octanol–water partition coefficient (Wildman–Crippen LogP) is 0.112. The van der Waals surface area contributed by atoms with Crippen molar-refractivity contribution in [1.82, 2.24) is 10.0 Å². The van der Waals surface area contributed by atoms with E-state index in [1.165, 1.54) is 0 Å². The third-order valence-electron chi connectivity index (χ3n) is 4.01. The molecule has 2 heterocycles. The van der Waals surface area contributed by atoms with Crippen LogP contribution >= 0.6 is 11.3 Å². The van der Waals surface area contributed by atoms with Gasteiger partial charge in [-0.25, -0.2) is 13.1 Å². The van der Waals surface area contributed by atoms with E-state index in [1.54, 1.807) is 11.3 Å². The largest absolute Gasteiger partial charge is 0.376 e. The van der Waals surface area contributed by atoms with Crippen LogP contribution in [0.2, 0.25) is 0 Å². The highest BCUT2D eigenvalue weighted by Gasteiger charge is 2.55. The minimum Gasteiger partial charge on any atom is -0.376 e. The molecular weight excluding hydrogens is 312 g/mol. The van der Waals surface area contributed by atoms with E-state index in [2.05, 4.69) is 10.0 Å². The van der Waals surface area contributed by atoms with E-state index in [9.17, 15) is 13.2 Å². The summed E-state index contributed by atoms with van der Waals surface area (Å²) in [6.45, 7) is 0.619. The smallest absolute Gasteiger partial charge is 0.224 e. The molecule has 1 aromatic rings. The molecule has 1 saturated carbocycles. The molecule has 2 aliphatic rings. The Balaban J connectivity index is 1.63. The van der Waals surface area contributed by atoms with Gasteiger partial charge in [-0.15, -0.1) is 0 Å². The van der Waals surface area contributed by atoms with Gasteiger partial charge in [0.2, 0.25) is 15.9 Å². The van der Waals surface area contributed by atoms with Crippen molar-refractivity contribution in [2.24, 2.45) is 5.92 Å². The second-order valence-electron chi connectivity index (χ2n) is 5.61. The molecule has 1 aliphatic heterocycles. The number of carbonyl (C=O) groups is 1. The maximum Gasteiger partial charge on any atom is 0.224 e. The predicted molar refractivity (Wildman–Crippen MR) is 79.6 cm³/mol. The number of ether oxygens (including phenoxy) is 1. The van der Waals surface area contributed by atoms with Crippen molar-refractivity contribution in [2.45, 2.75) is 31.0 Å². The maximum absolute atomic E-state index is 12.1. The third-order valence-corrected chi connectivity index (χ3v) is 5.44. The molecular formula is C13H18N2O4S2. The van der Waals surface area contributed by atoms with Crippen molar-refractivity contribution in [3.05, 3.63) is 22.4 Å². The summed E-state index contributed by atoms with van der Waals surface area (Å²) in [6.07, 6.45) is 2.19. The Morgan fingerprint density at radius 3 is 2.95 bits per heavy atom. The van der Waals surface area contributed by atoms with Gasteiger partial charge in [0.25, 0.3) is 0 Å². The summed E-state index contributed by atoms with van der Waals surface area (Å²) < 4.78 is 31.0. The fraction of sp³-hybridized carbons (Fsp3) is 0.615. The number of amides is 1. The quantitative estimate of drug-likeness (QED) is 0.803. The lowest BCUT2D eigenvalue weighted by Crippen LogP contribution is -2.70. The first kappa shape index (κ1) is 15.0. The molecule has 4 atom stereocenters. The summed E-state index contributed by atoms with van der Waals surface area (Å²) in [5.74, 6) is 0.125. The topological polar surface area (TPSA) is 84.5 Å². The van der Waals surface area contributed by atoms with Crippen LogP contribution in [0, 0.1) is 5.92 Å². The molecule has 21 heavy (non-hydrogen) atoms. The minimum atomic E-state index is -3.32. The molecule has 0 spiro atoms. The number of hydrogen-bond donors (Lipinski definition) is 2. The Hall–Kier alpha value is -0.960. The zero-order chi connectivity index (χ0) is 15.0. The van der Waals surface area contributed by atoms with Crippen molar-refractivity contribution in [2.75, 3.05) is 12.9 Å². The highest BCUT2D eigenvalue weighted by molar-refractivity contribution is 7.88. The van der Waals surface area contributed by atoms with Crippen molar-refractivity contribution < 1.29 is 17.9 Å². The molecule has 2 fully saturated rings. The first-order chi connectivity index (χ1) is 9.94. The molecule has 6 nitrogen and oxygen atoms in total. The molecule has 1 aliphatic carbocycles. The Kier molecular flexibility index (Phi) is 4.04. The number of nitrogens with one attached hydrogen (secondary N) is 2. The van der Waals surface area contributed by atoms with Crippen LogP contribution < -0.4 is 10.0 Å². The Morgan fingerprint density at radius 2 is 2.29 bits per heavy atom. The molecule has 116 valence electrons. The number of sulfonamides is 1. The van der Waals surface area contributed by atoms with Crippen molar-refractivity contribution in [1.29, 1.82) is 0 Å². The Morgan fingerprint density at radius 1 is 1.48 bits per heavy atom. The SMILES string of the molecule is CS(=O)(=O)N[C@@H]1[C@@H](NC(=O)Cc2ccsc2)[C@H]2CCO[C@H]21. The van der Waals surface area contributed by atoms with Crippen LogP contribution in [0.3, 0.4) is 0 Å². The highest BCUT2D eigenvalue weighted by Crippen LogP contribution is 2.39. The van der Waals surface area contributed by atoms with Gasteiger partial charge in [-0.1, -0.05) is 0 Å². The van der Waals surface area contributed by atoms with Gasteiger partial charge >= 0.3 is 0 Å². The molecule has 1 saturated heterocycles. The lowest BCUT2D eigenvalue weighted by atomic mass is 9.72. The average Bonchev–Trinajstić information content (AvgIpc) is 3.01. The Bertz CT molecular complexity index is 614. The normalized spacial score (nSPS) is 31.5. The molecule has 2 N–H and O–H groups in total. The summed E-state index contributed by atoms with van der Waals surface area (Å²) in [5, 5.41) is 6.83. The zero-order valence-electron chi connectivity index (χ0n) is 11.6. The number of hydrogen-bond acceptors (Lipinski definition) is 5. The van der Waals surface area contributed by atoms with Gasteiger partial charge in [0, 0.05) is 12.5 Å². The molecule has 0 bridgehead atoms. The molecule has 8 heteroatoms. The third kappa shape index (κ3) is 3.28. The lowest BCUT2D eigenvalue weighted by molar-refractivity contribution is -0.124. The van der Waals surface area contributed by atoms with E-state index in [-0.39, 0.29) is 30.0 Å². The zero-order valence-corrected chi connectivity index (χ0v) is 13.2. The molecule has 0 unspecified atom stereocenters. The van der Waals surface area contributed by atoms with Crippen LogP contribution in [0.15, 0.2) is 16.8 Å². The fourth-order valence-electron chi connectivity index (χ4n) is 3.11. The summed E-state index contributed by atoms with van der Waals surface area (Å²) in [6, 6.07) is 1.37. The van der Waals surface area contributed by atoms with E-state index < -0.39 is 10.0 Å². The first-order valence-corrected chi connectivity index (χ1v) is 9.67. The van der Waals surface area contributed by atoms with Gasteiger partial charge in [0.05, 0.1) is 30.9 Å². The molecule has 1 aromatic heterocycles. The number of rotatable bonds is 5. The van der Waals surface area contributed by atoms with Crippen LogP contribution in [0.1, 0.15) is 12.0 Å². The second-order valence-corrected chi connectivity index (χ2v) is 8.17. The average molecular weight is 330 g/mol. The Labute approximate surface area is 127 Å². The van der Waals surface area contributed by atoms with E-state index >= 15 is 0 Å². The van der Waals surface area contributed by atoms with Gasteiger partial charge in [-0.3, -0.25) is 4.79 Å². The maximum atomic E-state index is 12.1. The van der Waals surface area contributed by atoms with Crippen LogP contribution in [-0.4, -0.2) is 45.4 Å². The van der Waals surface area contributed by atoms with Crippen LogP contribution in [0.5, 0.6) is 0 Å². The minimum absolute atomic E-state index is 0.0796. The van der Waals surface area contributed by atoms with Gasteiger partial charge in [0.1, 0.15) is 0 Å². The van der Waals surface area contributed by atoms with Gasteiger partial charge in [0.15, 0.2) is 0 Å². The standard InChI is InChI=1S/C13H18N2O4S2/c1-21(17,18)15-12-11(9-2-4-19-13(9)12)14-10(16)6-8-3-5-20-7-8/h3,5,7,9,11-13,15H,2,4,6H2,1H3,(H,14,16)/t9-,11+,12-,13-/m1/s1. The molecule has 0 radical (unpaired) electrons. The van der Waals surface area contributed by atoms with E-state index in [4.69, 9.17) is 4.74 Å². The fourth-order valence-corrected chi connectivity index (χ4v) is 4.55. The molecule has 3 rings (SSSR count). The second kappa shape index (κ2) is 5.68. The van der Waals surface area contributed by atoms with Crippen molar-refractivity contribution >= 4 is 27.3 Å². The summed E-state index contributed by atoms with van der Waals surface area (Å²) >= 11 is 1.55. The van der Waals surface area contributed by atoms with Crippen molar-refractivity contribution in [3.63, 3.8) is 0 Å². The van der Waals surface area contributed by atoms with Crippen LogP contribution in [-0.2, 0) is 26.0 Å². The van der Waals surface area contributed by atoms with E-state index in [1.807, 2.05) is 16.8 Å². The van der Waals surface area contributed by atoms with Crippen molar-refractivity contribution in [3.8, 4) is 0 Å². The van der Waals surface area contributed by atoms with E-state index in [0.717, 1.165) is 18.2 Å². The lowest BCUT2D eigenvalue weighted by Gasteiger charge is -2.47. The number of fused-ring (bicyclic) bond motifs is 1. The summed E-state index contributed by atoms with van der Waals surface area (Å²) in [4.78, 5) is 12.1. The van der Waals surface area contributed by atoms with Gasteiger partial charge in [-0.2, -0.15) is 11.3 Å². The van der Waals surface area contributed by atoms with Crippen LogP contribution in [0.4, 0.5) is 0 Å². The monoisotopic (exact) mass is 330 g/mol. The first-order valence-electron chi connectivity index (χ1n) is 6.83. The molecule has 1 amide bonds. The van der Waals surface area contributed by atoms with E-state index in [0.29, 0.717) is 13.0 Å². The van der Waals surface area contributed by atoms with Gasteiger partial charge in [-0.05, 0) is 28.8 Å².